The summed E-state index contributed by atoms with van der Waals surface area (Å²) in [6, 6.07) is 4.55. The van der Waals surface area contributed by atoms with E-state index in [-0.39, 0.29) is 23.4 Å². The quantitative estimate of drug-likeness (QED) is 0.377. The van der Waals surface area contributed by atoms with Crippen molar-refractivity contribution in [3.8, 4) is 0 Å². The lowest BCUT2D eigenvalue weighted by molar-refractivity contribution is -0.384. The van der Waals surface area contributed by atoms with Crippen LogP contribution in [-0.2, 0) is 0 Å². The smallest absolute Gasteiger partial charge is 0.271 e. The lowest BCUT2D eigenvalue weighted by atomic mass is 10.1. The zero-order valence-electron chi connectivity index (χ0n) is 16.4. The second-order valence-corrected chi connectivity index (χ2v) is 7.53. The van der Waals surface area contributed by atoms with Crippen molar-refractivity contribution in [1.82, 2.24) is 14.8 Å². The van der Waals surface area contributed by atoms with Crippen LogP contribution in [0.25, 0.3) is 16.7 Å². The highest BCUT2D eigenvalue weighted by atomic mass is 16.6. The van der Waals surface area contributed by atoms with Gasteiger partial charge in [-0.1, -0.05) is 6.42 Å². The summed E-state index contributed by atoms with van der Waals surface area (Å²) in [5.74, 6) is -0.532. The molecule has 152 valence electrons. The Bertz CT molecular complexity index is 882. The predicted octanol–water partition coefficient (Wildman–Crippen LogP) is 3.95. The number of fused-ring (bicyclic) bond motifs is 1. The van der Waals surface area contributed by atoms with Gasteiger partial charge in [0.25, 0.3) is 5.69 Å². The van der Waals surface area contributed by atoms with Crippen molar-refractivity contribution in [1.29, 1.82) is 0 Å². The maximum Gasteiger partial charge on any atom is 0.271 e. The number of non-ortho nitro benzene ring substituents is 1. The molecule has 1 fully saturated rings. The van der Waals surface area contributed by atoms with Gasteiger partial charge in [0.05, 0.1) is 10.4 Å². The number of nitro groups is 1. The SMILES string of the molecule is CC(C)n1cc(C(O)=C(O)NCCN2CCCCC2)c2ccc([N+](=O)[O-])cc21. The maximum atomic E-state index is 11.1. The van der Waals surface area contributed by atoms with Gasteiger partial charge >= 0.3 is 0 Å². The van der Waals surface area contributed by atoms with E-state index in [4.69, 9.17) is 0 Å². The topological polar surface area (TPSA) is 104 Å². The summed E-state index contributed by atoms with van der Waals surface area (Å²) in [6.07, 6.45) is 5.40. The van der Waals surface area contributed by atoms with E-state index in [1.165, 1.54) is 31.4 Å². The summed E-state index contributed by atoms with van der Waals surface area (Å²) in [7, 11) is 0. The fourth-order valence-electron chi connectivity index (χ4n) is 3.70. The van der Waals surface area contributed by atoms with Crippen LogP contribution in [0.1, 0.15) is 44.7 Å². The summed E-state index contributed by atoms with van der Waals surface area (Å²) in [5.41, 5.74) is 1.08. The molecule has 0 atom stereocenters. The lowest BCUT2D eigenvalue weighted by Crippen LogP contribution is -2.35. The first-order chi connectivity index (χ1) is 13.4. The number of benzene rings is 1. The van der Waals surface area contributed by atoms with Crippen LogP contribution >= 0.6 is 0 Å². The van der Waals surface area contributed by atoms with Gasteiger partial charge in [-0.2, -0.15) is 0 Å². The van der Waals surface area contributed by atoms with Crippen molar-refractivity contribution in [3.05, 3.63) is 46.0 Å². The Balaban J connectivity index is 1.84. The molecule has 0 bridgehead atoms. The van der Waals surface area contributed by atoms with Crippen molar-refractivity contribution in [3.63, 3.8) is 0 Å². The first-order valence-corrected chi connectivity index (χ1v) is 9.76. The molecule has 1 aliphatic heterocycles. The highest BCUT2D eigenvalue weighted by Crippen LogP contribution is 2.31. The van der Waals surface area contributed by atoms with Gasteiger partial charge in [0, 0.05) is 48.4 Å². The number of aliphatic hydroxyl groups is 2. The summed E-state index contributed by atoms with van der Waals surface area (Å²) < 4.78 is 1.86. The highest BCUT2D eigenvalue weighted by Gasteiger charge is 2.19. The van der Waals surface area contributed by atoms with Crippen LogP contribution in [0, 0.1) is 10.1 Å². The van der Waals surface area contributed by atoms with E-state index in [0.29, 0.717) is 23.0 Å². The first-order valence-electron chi connectivity index (χ1n) is 9.76. The molecule has 0 spiro atoms. The summed E-state index contributed by atoms with van der Waals surface area (Å²) in [6.45, 7) is 7.39. The number of likely N-dealkylation sites (tertiary alicyclic amines) is 1. The van der Waals surface area contributed by atoms with Gasteiger partial charge in [0.15, 0.2) is 5.76 Å². The summed E-state index contributed by atoms with van der Waals surface area (Å²) >= 11 is 0. The lowest BCUT2D eigenvalue weighted by Gasteiger charge is -2.26. The van der Waals surface area contributed by atoms with Gasteiger partial charge in [-0.25, -0.2) is 0 Å². The Morgan fingerprint density at radius 3 is 2.61 bits per heavy atom. The average Bonchev–Trinajstić information content (AvgIpc) is 3.07. The van der Waals surface area contributed by atoms with Crippen LogP contribution in [0.15, 0.2) is 30.3 Å². The normalized spacial score (nSPS) is 16.4. The van der Waals surface area contributed by atoms with Gasteiger partial charge < -0.3 is 25.0 Å². The molecule has 3 N–H and O–H groups in total. The first kappa shape index (κ1) is 20.0. The number of rotatable bonds is 7. The molecule has 1 saturated heterocycles. The molecule has 0 saturated carbocycles. The highest BCUT2D eigenvalue weighted by molar-refractivity contribution is 5.93. The molecule has 1 aromatic heterocycles. The molecule has 2 heterocycles. The van der Waals surface area contributed by atoms with E-state index in [9.17, 15) is 20.3 Å². The largest absolute Gasteiger partial charge is 0.503 e. The van der Waals surface area contributed by atoms with Crippen LogP contribution in [0.3, 0.4) is 0 Å². The van der Waals surface area contributed by atoms with Crippen molar-refractivity contribution in [2.45, 2.75) is 39.2 Å². The van der Waals surface area contributed by atoms with E-state index >= 15 is 0 Å². The zero-order valence-corrected chi connectivity index (χ0v) is 16.4. The Hall–Kier alpha value is -2.74. The van der Waals surface area contributed by atoms with Crippen molar-refractivity contribution >= 4 is 22.3 Å². The molecule has 0 unspecified atom stereocenters. The van der Waals surface area contributed by atoms with Crippen molar-refractivity contribution in [2.75, 3.05) is 26.2 Å². The fourth-order valence-corrected chi connectivity index (χ4v) is 3.70. The molecule has 0 aliphatic carbocycles. The molecule has 3 rings (SSSR count). The molecule has 8 heteroatoms. The van der Waals surface area contributed by atoms with Crippen LogP contribution < -0.4 is 5.32 Å². The molecular formula is C20H28N4O4. The van der Waals surface area contributed by atoms with E-state index in [2.05, 4.69) is 10.2 Å². The van der Waals surface area contributed by atoms with E-state index in [0.717, 1.165) is 19.6 Å². The van der Waals surface area contributed by atoms with E-state index in [1.807, 2.05) is 18.4 Å². The number of aliphatic hydroxyl groups excluding tert-OH is 2. The monoisotopic (exact) mass is 388 g/mol. The number of nitrogens with one attached hydrogen (secondary N) is 1. The molecule has 0 amide bonds. The molecule has 0 radical (unpaired) electrons. The minimum absolute atomic E-state index is 0.00796. The summed E-state index contributed by atoms with van der Waals surface area (Å²) in [5, 5.41) is 35.6. The van der Waals surface area contributed by atoms with Gasteiger partial charge in [-0.05, 0) is 45.8 Å². The van der Waals surface area contributed by atoms with Crippen molar-refractivity contribution < 1.29 is 15.1 Å². The molecule has 2 aromatic rings. The number of hydrogen-bond donors (Lipinski definition) is 3. The fraction of sp³-hybridized carbons (Fsp3) is 0.500. The number of nitro benzene ring substituents is 1. The van der Waals surface area contributed by atoms with Gasteiger partial charge in [0.1, 0.15) is 0 Å². The van der Waals surface area contributed by atoms with Crippen LogP contribution in [0.4, 0.5) is 5.69 Å². The molecule has 28 heavy (non-hydrogen) atoms. The maximum absolute atomic E-state index is 11.1. The number of piperidine rings is 1. The third kappa shape index (κ3) is 4.22. The Morgan fingerprint density at radius 1 is 1.25 bits per heavy atom. The van der Waals surface area contributed by atoms with Crippen LogP contribution in [0.2, 0.25) is 0 Å². The number of aromatic nitrogens is 1. The van der Waals surface area contributed by atoms with E-state index in [1.54, 1.807) is 12.3 Å². The Morgan fingerprint density at radius 2 is 1.96 bits per heavy atom. The molecule has 1 aliphatic rings. The molecule has 8 nitrogen and oxygen atoms in total. The minimum atomic E-state index is -0.438. The second kappa shape index (κ2) is 8.52. The second-order valence-electron chi connectivity index (χ2n) is 7.53. The van der Waals surface area contributed by atoms with Crippen LogP contribution in [-0.4, -0.2) is 50.8 Å². The number of nitrogens with zero attached hydrogens (tertiary/aromatic N) is 3. The Kier molecular flexibility index (Phi) is 6.08. The number of hydrogen-bond acceptors (Lipinski definition) is 6. The zero-order chi connectivity index (χ0) is 20.3. The average molecular weight is 388 g/mol. The van der Waals surface area contributed by atoms with Gasteiger partial charge in [-0.15, -0.1) is 0 Å². The molecule has 1 aromatic carbocycles. The third-order valence-electron chi connectivity index (χ3n) is 5.23. The minimum Gasteiger partial charge on any atom is -0.503 e. The van der Waals surface area contributed by atoms with E-state index < -0.39 is 4.92 Å². The van der Waals surface area contributed by atoms with Crippen molar-refractivity contribution in [2.24, 2.45) is 0 Å². The Labute approximate surface area is 164 Å². The predicted molar refractivity (Wildman–Crippen MR) is 109 cm³/mol. The molecular weight excluding hydrogens is 360 g/mol. The van der Waals surface area contributed by atoms with Crippen LogP contribution in [0.5, 0.6) is 0 Å². The summed E-state index contributed by atoms with van der Waals surface area (Å²) in [4.78, 5) is 13.0. The third-order valence-corrected chi connectivity index (χ3v) is 5.23. The standard InChI is InChI=1S/C20H28N4O4/c1-14(2)23-13-17(16-7-6-15(24(27)28)12-18(16)23)19(25)20(26)21-8-11-22-9-4-3-5-10-22/h6-7,12-14,21,25-26H,3-5,8-11H2,1-2H3. The van der Waals surface area contributed by atoms with Gasteiger partial charge in [-0.3, -0.25) is 10.1 Å². The van der Waals surface area contributed by atoms with Gasteiger partial charge in [0.2, 0.25) is 5.88 Å².